The Morgan fingerprint density at radius 2 is 2.08 bits per heavy atom. The van der Waals surface area contributed by atoms with E-state index >= 15 is 0 Å². The van der Waals surface area contributed by atoms with Crippen molar-refractivity contribution in [1.29, 1.82) is 0 Å². The zero-order valence-electron chi connectivity index (χ0n) is 14.1. The lowest BCUT2D eigenvalue weighted by Gasteiger charge is -2.17. The van der Waals surface area contributed by atoms with Crippen molar-refractivity contribution in [1.82, 2.24) is 14.7 Å². The molecule has 2 aromatic rings. The van der Waals surface area contributed by atoms with Crippen LogP contribution in [-0.2, 0) is 11.3 Å². The predicted octanol–water partition coefficient (Wildman–Crippen LogP) is 3.73. The molecule has 0 saturated heterocycles. The van der Waals surface area contributed by atoms with E-state index in [4.69, 9.17) is 27.9 Å². The molecule has 1 heterocycles. The second kappa shape index (κ2) is 8.40. The van der Waals surface area contributed by atoms with Gasteiger partial charge >= 0.3 is 0 Å². The van der Waals surface area contributed by atoms with Crippen molar-refractivity contribution in [2.75, 3.05) is 20.2 Å². The number of carbonyl (C=O) groups is 1. The topological polar surface area (TPSA) is 47.4 Å². The normalized spacial score (nSPS) is 10.7. The minimum absolute atomic E-state index is 0.0139. The minimum atomic E-state index is -0.0139. The van der Waals surface area contributed by atoms with Crippen LogP contribution in [0.15, 0.2) is 24.3 Å². The first-order chi connectivity index (χ1) is 11.4. The summed E-state index contributed by atoms with van der Waals surface area (Å²) in [7, 11) is 1.77. The molecule has 1 aromatic carbocycles. The van der Waals surface area contributed by atoms with Crippen LogP contribution in [0.4, 0.5) is 0 Å². The molecular formula is C17H21Cl2N3O2. The first-order valence-electron chi connectivity index (χ1n) is 7.70. The van der Waals surface area contributed by atoms with Gasteiger partial charge < -0.3 is 9.64 Å². The Kier molecular flexibility index (Phi) is 6.52. The van der Waals surface area contributed by atoms with Crippen LogP contribution in [0, 0.1) is 13.8 Å². The van der Waals surface area contributed by atoms with Crippen LogP contribution in [0.5, 0.6) is 5.75 Å². The summed E-state index contributed by atoms with van der Waals surface area (Å²) in [5.41, 5.74) is 1.54. The second-order valence-corrected chi connectivity index (χ2v) is 6.43. The molecule has 0 spiro atoms. The van der Waals surface area contributed by atoms with Crippen molar-refractivity contribution in [3.8, 4) is 5.75 Å². The summed E-state index contributed by atoms with van der Waals surface area (Å²) in [6.45, 7) is 4.99. The van der Waals surface area contributed by atoms with E-state index in [-0.39, 0.29) is 12.5 Å². The van der Waals surface area contributed by atoms with Gasteiger partial charge in [-0.1, -0.05) is 29.3 Å². The molecule has 0 unspecified atom stereocenters. The van der Waals surface area contributed by atoms with Gasteiger partial charge in [0.2, 0.25) is 5.91 Å². The molecule has 5 nitrogen and oxygen atoms in total. The lowest BCUT2D eigenvalue weighted by molar-refractivity contribution is -0.130. The maximum absolute atomic E-state index is 12.3. The fourth-order valence-electron chi connectivity index (χ4n) is 2.25. The molecule has 0 aliphatic heterocycles. The smallest absolute Gasteiger partial charge is 0.244 e. The molecule has 0 bridgehead atoms. The number of rotatable bonds is 7. The molecule has 7 heteroatoms. The third-order valence-corrected chi connectivity index (χ3v) is 4.49. The van der Waals surface area contributed by atoms with E-state index in [0.29, 0.717) is 23.2 Å². The molecule has 2 rings (SSSR count). The zero-order valence-corrected chi connectivity index (χ0v) is 15.6. The van der Waals surface area contributed by atoms with Gasteiger partial charge in [0, 0.05) is 18.6 Å². The average Bonchev–Trinajstić information content (AvgIpc) is 2.78. The van der Waals surface area contributed by atoms with Crippen molar-refractivity contribution in [2.45, 2.75) is 26.8 Å². The highest BCUT2D eigenvalue weighted by Gasteiger charge is 2.14. The Hall–Kier alpha value is -1.72. The van der Waals surface area contributed by atoms with E-state index in [2.05, 4.69) is 5.10 Å². The maximum atomic E-state index is 12.3. The van der Waals surface area contributed by atoms with Crippen LogP contribution in [0.1, 0.15) is 17.8 Å². The molecule has 0 aliphatic carbocycles. The third kappa shape index (κ3) is 4.89. The Morgan fingerprint density at radius 3 is 2.71 bits per heavy atom. The number of carbonyl (C=O) groups excluding carboxylic acids is 1. The second-order valence-electron chi connectivity index (χ2n) is 5.62. The summed E-state index contributed by atoms with van der Waals surface area (Å²) in [6, 6.07) is 7.26. The molecule has 0 N–H and O–H groups in total. The number of hydrogen-bond acceptors (Lipinski definition) is 3. The number of amides is 1. The van der Waals surface area contributed by atoms with Crippen molar-refractivity contribution in [3.05, 3.63) is 45.7 Å². The van der Waals surface area contributed by atoms with E-state index in [0.717, 1.165) is 23.6 Å². The number of nitrogens with zero attached hydrogens (tertiary/aromatic N) is 3. The molecule has 1 aromatic heterocycles. The lowest BCUT2D eigenvalue weighted by Crippen LogP contribution is -2.32. The monoisotopic (exact) mass is 369 g/mol. The third-order valence-electron chi connectivity index (χ3n) is 3.71. The van der Waals surface area contributed by atoms with E-state index in [1.54, 1.807) is 28.8 Å². The summed E-state index contributed by atoms with van der Waals surface area (Å²) in [5.74, 6) is 0.716. The van der Waals surface area contributed by atoms with Gasteiger partial charge in [-0.25, -0.2) is 0 Å². The fraction of sp³-hybridized carbons (Fsp3) is 0.412. The fourth-order valence-corrected chi connectivity index (χ4v) is 2.57. The first kappa shape index (κ1) is 18.6. The molecule has 0 atom stereocenters. The average molecular weight is 370 g/mol. The van der Waals surface area contributed by atoms with E-state index in [1.165, 1.54) is 0 Å². The Morgan fingerprint density at radius 1 is 1.33 bits per heavy atom. The van der Waals surface area contributed by atoms with Gasteiger partial charge in [0.05, 0.1) is 23.0 Å². The summed E-state index contributed by atoms with van der Waals surface area (Å²) >= 11 is 12.0. The number of aromatic nitrogens is 2. The summed E-state index contributed by atoms with van der Waals surface area (Å²) in [6.07, 6.45) is 0.729. The number of hydrogen-bond donors (Lipinski definition) is 0. The Bertz CT molecular complexity index is 716. The summed E-state index contributed by atoms with van der Waals surface area (Å²) in [4.78, 5) is 13.9. The Balaban J connectivity index is 1.76. The summed E-state index contributed by atoms with van der Waals surface area (Å²) < 4.78 is 7.25. The zero-order chi connectivity index (χ0) is 17.7. The first-order valence-corrected chi connectivity index (χ1v) is 8.46. The number of aryl methyl sites for hydroxylation is 1. The van der Waals surface area contributed by atoms with Gasteiger partial charge in [-0.15, -0.1) is 0 Å². The predicted molar refractivity (Wildman–Crippen MR) is 95.9 cm³/mol. The van der Waals surface area contributed by atoms with Crippen LogP contribution in [0.3, 0.4) is 0 Å². The van der Waals surface area contributed by atoms with Gasteiger partial charge in [-0.05, 0) is 38.5 Å². The highest BCUT2D eigenvalue weighted by molar-refractivity contribution is 6.31. The van der Waals surface area contributed by atoms with Gasteiger partial charge in [-0.2, -0.15) is 5.10 Å². The van der Waals surface area contributed by atoms with Crippen LogP contribution in [0.2, 0.25) is 10.0 Å². The minimum Gasteiger partial charge on any atom is -0.493 e. The highest BCUT2D eigenvalue weighted by Crippen LogP contribution is 2.19. The van der Waals surface area contributed by atoms with E-state index in [1.807, 2.05) is 26.0 Å². The van der Waals surface area contributed by atoms with E-state index < -0.39 is 0 Å². The van der Waals surface area contributed by atoms with Crippen LogP contribution < -0.4 is 4.74 Å². The quantitative estimate of drug-likeness (QED) is 0.698. The van der Waals surface area contributed by atoms with Crippen molar-refractivity contribution < 1.29 is 9.53 Å². The molecule has 1 amide bonds. The summed E-state index contributed by atoms with van der Waals surface area (Å²) in [5, 5.41) is 5.53. The molecule has 0 radical (unpaired) electrons. The number of likely N-dealkylation sites (N-methyl/N-ethyl adjacent to an activating group) is 1. The lowest BCUT2D eigenvalue weighted by atomic mass is 10.3. The van der Waals surface area contributed by atoms with Gasteiger partial charge in [0.25, 0.3) is 0 Å². The van der Waals surface area contributed by atoms with Crippen LogP contribution >= 0.6 is 23.2 Å². The number of benzene rings is 1. The van der Waals surface area contributed by atoms with Crippen molar-refractivity contribution in [2.24, 2.45) is 0 Å². The SMILES string of the molecule is Cc1nn(CC(=O)N(C)CCCOc2cccc(Cl)c2)c(C)c1Cl. The molecular weight excluding hydrogens is 349 g/mol. The molecule has 0 fully saturated rings. The molecule has 130 valence electrons. The molecule has 24 heavy (non-hydrogen) atoms. The van der Waals surface area contributed by atoms with Crippen LogP contribution in [0.25, 0.3) is 0 Å². The van der Waals surface area contributed by atoms with Crippen molar-refractivity contribution >= 4 is 29.1 Å². The maximum Gasteiger partial charge on any atom is 0.244 e. The largest absolute Gasteiger partial charge is 0.493 e. The van der Waals surface area contributed by atoms with Gasteiger partial charge in [-0.3, -0.25) is 9.48 Å². The van der Waals surface area contributed by atoms with Gasteiger partial charge in [0.1, 0.15) is 12.3 Å². The van der Waals surface area contributed by atoms with E-state index in [9.17, 15) is 4.79 Å². The Labute approximate surface area is 152 Å². The highest BCUT2D eigenvalue weighted by atomic mass is 35.5. The molecule has 0 saturated carbocycles. The number of ether oxygens (including phenoxy) is 1. The number of halogens is 2. The van der Waals surface area contributed by atoms with Crippen molar-refractivity contribution in [3.63, 3.8) is 0 Å². The van der Waals surface area contributed by atoms with Gasteiger partial charge in [0.15, 0.2) is 0 Å². The molecule has 0 aliphatic rings. The van der Waals surface area contributed by atoms with Crippen LogP contribution in [-0.4, -0.2) is 40.8 Å². The standard InChI is InChI=1S/C17H21Cl2N3O2/c1-12-17(19)13(2)22(20-12)11-16(23)21(3)8-5-9-24-15-7-4-6-14(18)10-15/h4,6-7,10H,5,8-9,11H2,1-3H3.